The standard InChI is InChI=1S/C14H18Cl2N2O2/c1-14(2)7-3-4-12(18(14)17-20)13(19)9-5-6-10(15)11(16)8-9/h5-6,8,12-13,19H,3-4,7H2,1-2H3. The molecule has 1 heterocycles. The lowest BCUT2D eigenvalue weighted by atomic mass is 9.84. The molecular formula is C14H18Cl2N2O2. The van der Waals surface area contributed by atoms with Crippen LogP contribution in [-0.4, -0.2) is 21.7 Å². The van der Waals surface area contributed by atoms with Crippen molar-refractivity contribution < 1.29 is 5.11 Å². The molecular weight excluding hydrogens is 299 g/mol. The molecule has 0 aromatic heterocycles. The first-order valence-corrected chi connectivity index (χ1v) is 7.38. The highest BCUT2D eigenvalue weighted by atomic mass is 35.5. The molecule has 0 amide bonds. The second-order valence-corrected chi connectivity index (χ2v) is 6.63. The van der Waals surface area contributed by atoms with Crippen molar-refractivity contribution in [1.29, 1.82) is 0 Å². The number of nitroso groups, excluding NO2 is 1. The van der Waals surface area contributed by atoms with E-state index in [2.05, 4.69) is 5.29 Å². The van der Waals surface area contributed by atoms with Crippen molar-refractivity contribution >= 4 is 23.2 Å². The fourth-order valence-corrected chi connectivity index (χ4v) is 3.12. The second kappa shape index (κ2) is 5.88. The van der Waals surface area contributed by atoms with Crippen LogP contribution in [0.25, 0.3) is 0 Å². The van der Waals surface area contributed by atoms with Gasteiger partial charge in [0.05, 0.1) is 26.9 Å². The Bertz CT molecular complexity index is 508. The van der Waals surface area contributed by atoms with Crippen LogP contribution in [0.1, 0.15) is 44.8 Å². The number of piperidine rings is 1. The summed E-state index contributed by atoms with van der Waals surface area (Å²) in [5.41, 5.74) is 0.303. The zero-order valence-electron chi connectivity index (χ0n) is 11.5. The summed E-state index contributed by atoms with van der Waals surface area (Å²) >= 11 is 11.9. The maximum absolute atomic E-state index is 11.2. The average Bonchev–Trinajstić information content (AvgIpc) is 2.39. The molecule has 4 nitrogen and oxygen atoms in total. The summed E-state index contributed by atoms with van der Waals surface area (Å²) in [6.45, 7) is 3.92. The predicted octanol–water partition coefficient (Wildman–Crippen LogP) is 4.34. The van der Waals surface area contributed by atoms with Crippen LogP contribution in [0, 0.1) is 4.91 Å². The van der Waals surface area contributed by atoms with Crippen molar-refractivity contribution in [3.05, 3.63) is 38.7 Å². The van der Waals surface area contributed by atoms with Crippen LogP contribution in [0.2, 0.25) is 10.0 Å². The van der Waals surface area contributed by atoms with Gasteiger partial charge in [-0.15, -0.1) is 4.91 Å². The Kier molecular flexibility index (Phi) is 4.57. The Balaban J connectivity index is 2.28. The van der Waals surface area contributed by atoms with Gasteiger partial charge < -0.3 is 5.11 Å². The van der Waals surface area contributed by atoms with E-state index >= 15 is 0 Å². The topological polar surface area (TPSA) is 52.9 Å². The first-order valence-electron chi connectivity index (χ1n) is 6.62. The highest BCUT2D eigenvalue weighted by molar-refractivity contribution is 6.42. The normalized spacial score (nSPS) is 23.4. The SMILES string of the molecule is CC1(C)CCCC(C(O)c2ccc(Cl)c(Cl)c2)N1N=O. The van der Waals surface area contributed by atoms with Gasteiger partial charge in [0.2, 0.25) is 0 Å². The molecule has 1 aliphatic rings. The molecule has 1 N–H and O–H groups in total. The third kappa shape index (κ3) is 2.92. The third-order valence-electron chi connectivity index (χ3n) is 3.96. The first-order chi connectivity index (χ1) is 9.36. The number of benzene rings is 1. The minimum atomic E-state index is -0.818. The lowest BCUT2D eigenvalue weighted by molar-refractivity contribution is -0.0417. The van der Waals surface area contributed by atoms with Crippen LogP contribution < -0.4 is 0 Å². The van der Waals surface area contributed by atoms with Crippen molar-refractivity contribution in [2.45, 2.75) is 50.8 Å². The van der Waals surface area contributed by atoms with Gasteiger partial charge in [-0.1, -0.05) is 29.3 Å². The molecule has 110 valence electrons. The Morgan fingerprint density at radius 2 is 2.10 bits per heavy atom. The maximum Gasteiger partial charge on any atom is 0.101 e. The molecule has 6 heteroatoms. The molecule has 1 fully saturated rings. The van der Waals surface area contributed by atoms with Crippen LogP contribution in [0.5, 0.6) is 0 Å². The van der Waals surface area contributed by atoms with E-state index in [1.165, 1.54) is 5.01 Å². The average molecular weight is 317 g/mol. The Labute approximate surface area is 128 Å². The van der Waals surface area contributed by atoms with Crippen LogP contribution in [0.15, 0.2) is 23.5 Å². The van der Waals surface area contributed by atoms with Crippen molar-refractivity contribution in [3.63, 3.8) is 0 Å². The van der Waals surface area contributed by atoms with Crippen LogP contribution in [0.3, 0.4) is 0 Å². The van der Waals surface area contributed by atoms with E-state index in [-0.39, 0.29) is 11.6 Å². The first kappa shape index (κ1) is 15.5. The molecule has 2 atom stereocenters. The Hall–Kier alpha value is -0.840. The minimum absolute atomic E-state index is 0.339. The molecule has 1 aromatic rings. The molecule has 1 saturated heterocycles. The Morgan fingerprint density at radius 1 is 1.40 bits per heavy atom. The van der Waals surface area contributed by atoms with Gasteiger partial charge in [-0.25, -0.2) is 5.01 Å². The molecule has 20 heavy (non-hydrogen) atoms. The van der Waals surface area contributed by atoms with Gasteiger partial charge in [0.1, 0.15) is 6.10 Å². The fraction of sp³-hybridized carbons (Fsp3) is 0.571. The van der Waals surface area contributed by atoms with Crippen LogP contribution >= 0.6 is 23.2 Å². The predicted molar refractivity (Wildman–Crippen MR) is 80.8 cm³/mol. The van der Waals surface area contributed by atoms with Gasteiger partial charge in [-0.05, 0) is 50.8 Å². The van der Waals surface area contributed by atoms with Crippen molar-refractivity contribution in [1.82, 2.24) is 5.01 Å². The lowest BCUT2D eigenvalue weighted by Crippen LogP contribution is -2.51. The molecule has 0 bridgehead atoms. The lowest BCUT2D eigenvalue weighted by Gasteiger charge is -2.45. The zero-order chi connectivity index (χ0) is 14.9. The minimum Gasteiger partial charge on any atom is -0.386 e. The maximum atomic E-state index is 11.2. The summed E-state index contributed by atoms with van der Waals surface area (Å²) in [5, 5.41) is 16.0. The highest BCUT2D eigenvalue weighted by Gasteiger charge is 2.40. The van der Waals surface area contributed by atoms with Gasteiger partial charge in [0, 0.05) is 0 Å². The van der Waals surface area contributed by atoms with Gasteiger partial charge in [-0.3, -0.25) is 0 Å². The highest BCUT2D eigenvalue weighted by Crippen LogP contribution is 2.38. The zero-order valence-corrected chi connectivity index (χ0v) is 13.0. The van der Waals surface area contributed by atoms with E-state index in [1.54, 1.807) is 18.2 Å². The molecule has 0 spiro atoms. The smallest absolute Gasteiger partial charge is 0.101 e. The van der Waals surface area contributed by atoms with E-state index in [9.17, 15) is 10.0 Å². The largest absolute Gasteiger partial charge is 0.386 e. The van der Waals surface area contributed by atoms with E-state index in [0.717, 1.165) is 19.3 Å². The molecule has 0 aliphatic carbocycles. The number of nitrogens with zero attached hydrogens (tertiary/aromatic N) is 2. The summed E-state index contributed by atoms with van der Waals surface area (Å²) in [5.74, 6) is 0. The number of aliphatic hydroxyl groups excluding tert-OH is 1. The van der Waals surface area contributed by atoms with Crippen molar-refractivity contribution in [2.24, 2.45) is 5.29 Å². The van der Waals surface area contributed by atoms with E-state index < -0.39 is 6.10 Å². The quantitative estimate of drug-likeness (QED) is 0.844. The van der Waals surface area contributed by atoms with Gasteiger partial charge in [0.25, 0.3) is 0 Å². The number of aliphatic hydroxyl groups is 1. The van der Waals surface area contributed by atoms with E-state index in [4.69, 9.17) is 23.2 Å². The summed E-state index contributed by atoms with van der Waals surface area (Å²) in [7, 11) is 0. The third-order valence-corrected chi connectivity index (χ3v) is 4.70. The molecule has 2 unspecified atom stereocenters. The number of rotatable bonds is 3. The second-order valence-electron chi connectivity index (χ2n) is 5.82. The number of hydrogen-bond donors (Lipinski definition) is 1. The van der Waals surface area contributed by atoms with Gasteiger partial charge >= 0.3 is 0 Å². The number of halogens is 2. The number of hydrogen-bond acceptors (Lipinski definition) is 3. The molecule has 1 aliphatic heterocycles. The van der Waals surface area contributed by atoms with E-state index in [1.807, 2.05) is 13.8 Å². The summed E-state index contributed by atoms with van der Waals surface area (Å²) < 4.78 is 0. The van der Waals surface area contributed by atoms with E-state index in [0.29, 0.717) is 15.6 Å². The van der Waals surface area contributed by atoms with Crippen LogP contribution in [-0.2, 0) is 0 Å². The monoisotopic (exact) mass is 316 g/mol. The summed E-state index contributed by atoms with van der Waals surface area (Å²) in [4.78, 5) is 11.2. The van der Waals surface area contributed by atoms with Gasteiger partial charge in [0.15, 0.2) is 0 Å². The molecule has 2 rings (SSSR count). The Morgan fingerprint density at radius 3 is 2.70 bits per heavy atom. The summed E-state index contributed by atoms with van der Waals surface area (Å²) in [6, 6.07) is 4.67. The van der Waals surface area contributed by atoms with Crippen molar-refractivity contribution in [2.75, 3.05) is 0 Å². The van der Waals surface area contributed by atoms with Crippen molar-refractivity contribution in [3.8, 4) is 0 Å². The molecule has 0 saturated carbocycles. The fourth-order valence-electron chi connectivity index (χ4n) is 2.81. The molecule has 1 aromatic carbocycles. The molecule has 0 radical (unpaired) electrons. The summed E-state index contributed by atoms with van der Waals surface area (Å²) in [6.07, 6.45) is 1.73. The van der Waals surface area contributed by atoms with Crippen LogP contribution in [0.4, 0.5) is 0 Å². The van der Waals surface area contributed by atoms with Gasteiger partial charge in [-0.2, -0.15) is 0 Å².